The molecule has 4 rings (SSSR count). The van der Waals surface area contributed by atoms with Crippen molar-refractivity contribution in [3.8, 4) is 5.75 Å². The van der Waals surface area contributed by atoms with E-state index in [1.807, 2.05) is 48.5 Å². The van der Waals surface area contributed by atoms with Crippen molar-refractivity contribution in [2.45, 2.75) is 6.42 Å². The molecule has 3 aromatic carbocycles. The first-order valence-corrected chi connectivity index (χ1v) is 9.31. The molecule has 1 atom stereocenters. The molecule has 0 spiro atoms. The predicted molar refractivity (Wildman–Crippen MR) is 112 cm³/mol. The minimum atomic E-state index is -0.408. The number of nitrogens with one attached hydrogen (secondary N) is 1. The van der Waals surface area contributed by atoms with Crippen LogP contribution >= 0.6 is 9.24 Å². The average molecular weight is 388 g/mol. The molecule has 5 nitrogen and oxygen atoms in total. The molecule has 1 unspecified atom stereocenters. The first-order valence-electron chi connectivity index (χ1n) is 8.73. The van der Waals surface area contributed by atoms with E-state index in [-0.39, 0.29) is 5.56 Å². The van der Waals surface area contributed by atoms with Crippen molar-refractivity contribution >= 4 is 31.3 Å². The summed E-state index contributed by atoms with van der Waals surface area (Å²) in [6, 6.07) is 21.8. The van der Waals surface area contributed by atoms with Crippen LogP contribution in [0.3, 0.4) is 0 Å². The topological polar surface area (TPSA) is 72.0 Å². The first-order chi connectivity index (χ1) is 13.6. The standard InChI is InChI=1S/C22H17N2O3P/c25-21-19-7-2-1-6-18(19)20(23-24-21)13-14-4-3-5-16(12-14)27-22(26)15-8-10-17(28)11-9-15/h1-12H,13,28H2,(H,24,25). The number of rotatable bonds is 4. The highest BCUT2D eigenvalue weighted by Crippen LogP contribution is 2.20. The maximum absolute atomic E-state index is 12.3. The predicted octanol–water partition coefficient (Wildman–Crippen LogP) is 3.23. The van der Waals surface area contributed by atoms with E-state index in [1.165, 1.54) is 0 Å². The Hall–Kier alpha value is -3.30. The molecule has 0 fully saturated rings. The van der Waals surface area contributed by atoms with Gasteiger partial charge in [0, 0.05) is 11.8 Å². The van der Waals surface area contributed by atoms with Crippen LogP contribution in [0, 0.1) is 0 Å². The third kappa shape index (κ3) is 3.85. The molecule has 28 heavy (non-hydrogen) atoms. The van der Waals surface area contributed by atoms with E-state index in [0.717, 1.165) is 21.9 Å². The Morgan fingerprint density at radius 2 is 1.71 bits per heavy atom. The number of carbonyl (C=O) groups is 1. The molecular formula is C22H17N2O3P. The highest BCUT2D eigenvalue weighted by molar-refractivity contribution is 7.27. The molecule has 138 valence electrons. The Kier molecular flexibility index (Phi) is 5.00. The zero-order chi connectivity index (χ0) is 19.5. The third-order valence-corrected chi connectivity index (χ3v) is 4.79. The Balaban J connectivity index is 1.58. The number of benzene rings is 3. The van der Waals surface area contributed by atoms with Gasteiger partial charge in [-0.1, -0.05) is 42.5 Å². The number of nitrogens with zero attached hydrogens (tertiary/aromatic N) is 1. The van der Waals surface area contributed by atoms with Gasteiger partial charge in [0.1, 0.15) is 5.75 Å². The molecule has 0 amide bonds. The van der Waals surface area contributed by atoms with Crippen LogP contribution in [0.15, 0.2) is 77.6 Å². The van der Waals surface area contributed by atoms with Crippen molar-refractivity contribution in [1.82, 2.24) is 10.2 Å². The molecule has 0 aliphatic rings. The summed E-state index contributed by atoms with van der Waals surface area (Å²) in [5.41, 5.74) is 1.97. The number of fused-ring (bicyclic) bond motifs is 1. The molecule has 0 aliphatic carbocycles. The average Bonchev–Trinajstić information content (AvgIpc) is 2.71. The fourth-order valence-electron chi connectivity index (χ4n) is 3.00. The van der Waals surface area contributed by atoms with Gasteiger partial charge in [-0.2, -0.15) is 5.10 Å². The van der Waals surface area contributed by atoms with Gasteiger partial charge in [-0.05, 0) is 41.2 Å². The summed E-state index contributed by atoms with van der Waals surface area (Å²) in [5.74, 6) is 0.0564. The van der Waals surface area contributed by atoms with E-state index in [1.54, 1.807) is 24.3 Å². The summed E-state index contributed by atoms with van der Waals surface area (Å²) in [7, 11) is 2.58. The van der Waals surface area contributed by atoms with Crippen LogP contribution in [0.4, 0.5) is 0 Å². The van der Waals surface area contributed by atoms with Crippen molar-refractivity contribution < 1.29 is 9.53 Å². The number of aromatic nitrogens is 2. The summed E-state index contributed by atoms with van der Waals surface area (Å²) in [6.45, 7) is 0. The SMILES string of the molecule is O=C(Oc1cccc(Cc2n[nH]c(=O)c3ccccc23)c1)c1ccc(P)cc1. The van der Waals surface area contributed by atoms with Crippen LogP contribution < -0.4 is 15.6 Å². The van der Waals surface area contributed by atoms with Crippen LogP contribution in [-0.4, -0.2) is 16.2 Å². The summed E-state index contributed by atoms with van der Waals surface area (Å²) in [4.78, 5) is 24.3. The van der Waals surface area contributed by atoms with Crippen LogP contribution in [0.25, 0.3) is 10.8 Å². The van der Waals surface area contributed by atoms with Gasteiger partial charge >= 0.3 is 5.97 Å². The number of aromatic amines is 1. The minimum absolute atomic E-state index is 0.210. The second kappa shape index (κ2) is 7.75. The van der Waals surface area contributed by atoms with E-state index in [2.05, 4.69) is 19.4 Å². The Morgan fingerprint density at radius 1 is 0.964 bits per heavy atom. The molecule has 0 saturated carbocycles. The highest BCUT2D eigenvalue weighted by Gasteiger charge is 2.10. The molecule has 1 N–H and O–H groups in total. The van der Waals surface area contributed by atoms with Crippen LogP contribution in [-0.2, 0) is 6.42 Å². The molecule has 1 aromatic heterocycles. The summed E-state index contributed by atoms with van der Waals surface area (Å²) in [5, 5.41) is 9.16. The van der Waals surface area contributed by atoms with Crippen LogP contribution in [0.2, 0.25) is 0 Å². The van der Waals surface area contributed by atoms with Gasteiger partial charge in [-0.3, -0.25) is 4.79 Å². The molecule has 4 aromatic rings. The van der Waals surface area contributed by atoms with Gasteiger partial charge in [0.25, 0.3) is 5.56 Å². The molecule has 6 heteroatoms. The molecule has 0 radical (unpaired) electrons. The number of esters is 1. The van der Waals surface area contributed by atoms with Gasteiger partial charge < -0.3 is 4.74 Å². The van der Waals surface area contributed by atoms with Crippen LogP contribution in [0.1, 0.15) is 21.6 Å². The second-order valence-electron chi connectivity index (χ2n) is 6.38. The zero-order valence-electron chi connectivity index (χ0n) is 14.9. The second-order valence-corrected chi connectivity index (χ2v) is 7.05. The van der Waals surface area contributed by atoms with Crippen molar-refractivity contribution in [3.63, 3.8) is 0 Å². The van der Waals surface area contributed by atoms with E-state index >= 15 is 0 Å². The number of hydrogen-bond acceptors (Lipinski definition) is 4. The van der Waals surface area contributed by atoms with E-state index < -0.39 is 5.97 Å². The molecule has 0 aliphatic heterocycles. The lowest BCUT2D eigenvalue weighted by molar-refractivity contribution is 0.0734. The van der Waals surface area contributed by atoms with E-state index in [0.29, 0.717) is 23.1 Å². The maximum Gasteiger partial charge on any atom is 0.343 e. The Labute approximate surface area is 163 Å². The van der Waals surface area contributed by atoms with Crippen molar-refractivity contribution in [1.29, 1.82) is 0 Å². The molecule has 0 saturated heterocycles. The highest BCUT2D eigenvalue weighted by atomic mass is 31.0. The van der Waals surface area contributed by atoms with E-state index in [9.17, 15) is 9.59 Å². The monoisotopic (exact) mass is 388 g/mol. The molecule has 1 heterocycles. The summed E-state index contributed by atoms with van der Waals surface area (Å²) >= 11 is 0. The third-order valence-electron chi connectivity index (χ3n) is 4.40. The molecule has 0 bridgehead atoms. The normalized spacial score (nSPS) is 10.8. The van der Waals surface area contributed by atoms with Gasteiger partial charge in [0.15, 0.2) is 0 Å². The maximum atomic E-state index is 12.3. The quantitative estimate of drug-likeness (QED) is 0.331. The van der Waals surface area contributed by atoms with Gasteiger partial charge in [0.2, 0.25) is 0 Å². The summed E-state index contributed by atoms with van der Waals surface area (Å²) in [6.07, 6.45) is 0.504. The molecular weight excluding hydrogens is 371 g/mol. The van der Waals surface area contributed by atoms with Gasteiger partial charge in [-0.15, -0.1) is 9.24 Å². The smallest absolute Gasteiger partial charge is 0.343 e. The van der Waals surface area contributed by atoms with Crippen molar-refractivity contribution in [3.05, 3.63) is 100.0 Å². The fourth-order valence-corrected chi connectivity index (χ4v) is 3.20. The zero-order valence-corrected chi connectivity index (χ0v) is 16.0. The minimum Gasteiger partial charge on any atom is -0.423 e. The first kappa shape index (κ1) is 18.1. The number of H-pyrrole nitrogens is 1. The van der Waals surface area contributed by atoms with Crippen molar-refractivity contribution in [2.75, 3.05) is 0 Å². The van der Waals surface area contributed by atoms with E-state index in [4.69, 9.17) is 4.74 Å². The lowest BCUT2D eigenvalue weighted by atomic mass is 10.0. The van der Waals surface area contributed by atoms with Crippen molar-refractivity contribution in [2.24, 2.45) is 0 Å². The Bertz CT molecular complexity index is 1220. The van der Waals surface area contributed by atoms with Crippen LogP contribution in [0.5, 0.6) is 5.75 Å². The summed E-state index contributed by atoms with van der Waals surface area (Å²) < 4.78 is 5.50. The largest absolute Gasteiger partial charge is 0.423 e. The van der Waals surface area contributed by atoms with Gasteiger partial charge in [-0.25, -0.2) is 9.89 Å². The number of carbonyl (C=O) groups excluding carboxylic acids is 1. The lowest BCUT2D eigenvalue weighted by Gasteiger charge is -2.08. The van der Waals surface area contributed by atoms with Gasteiger partial charge in [0.05, 0.1) is 16.6 Å². The lowest BCUT2D eigenvalue weighted by Crippen LogP contribution is -2.11. The number of ether oxygens (including phenoxy) is 1. The number of hydrogen-bond donors (Lipinski definition) is 1. The fraction of sp³-hybridized carbons (Fsp3) is 0.0455. The Morgan fingerprint density at radius 3 is 2.50 bits per heavy atom.